The van der Waals surface area contributed by atoms with E-state index in [1.807, 2.05) is 6.92 Å². The lowest BCUT2D eigenvalue weighted by Crippen LogP contribution is -2.50. The Morgan fingerprint density at radius 2 is 2.10 bits per heavy atom. The molecule has 1 saturated heterocycles. The molecule has 6 nitrogen and oxygen atoms in total. The number of amides is 2. The lowest BCUT2D eigenvalue weighted by atomic mass is 10.3. The summed E-state index contributed by atoms with van der Waals surface area (Å²) in [7, 11) is 0. The Hall–Kier alpha value is -0.950. The van der Waals surface area contributed by atoms with Crippen LogP contribution in [0.5, 0.6) is 0 Å². The molecule has 20 heavy (non-hydrogen) atoms. The maximum Gasteiger partial charge on any atom is 0.327 e. The normalized spacial score (nSPS) is 22.3. The van der Waals surface area contributed by atoms with Crippen LogP contribution in [0.3, 0.4) is 0 Å². The SMILES string of the molecule is CCCN(CC)CCNC(=O)N1C(C)SCC1C(=O)O. The van der Waals surface area contributed by atoms with Gasteiger partial charge in [0, 0.05) is 18.8 Å². The molecule has 116 valence electrons. The third-order valence-electron chi connectivity index (χ3n) is 3.43. The summed E-state index contributed by atoms with van der Waals surface area (Å²) >= 11 is 1.50. The molecule has 0 aromatic rings. The molecule has 1 heterocycles. The van der Waals surface area contributed by atoms with Crippen molar-refractivity contribution < 1.29 is 14.7 Å². The molecule has 2 unspecified atom stereocenters. The average molecular weight is 303 g/mol. The van der Waals surface area contributed by atoms with Gasteiger partial charge in [-0.15, -0.1) is 11.8 Å². The number of hydrogen-bond acceptors (Lipinski definition) is 4. The van der Waals surface area contributed by atoms with Crippen LogP contribution in [-0.2, 0) is 4.79 Å². The first-order valence-corrected chi connectivity index (χ1v) is 8.19. The van der Waals surface area contributed by atoms with Crippen molar-refractivity contribution in [3.8, 4) is 0 Å². The molecule has 0 aromatic heterocycles. The van der Waals surface area contributed by atoms with Crippen molar-refractivity contribution in [3.63, 3.8) is 0 Å². The van der Waals surface area contributed by atoms with Crippen LogP contribution in [0.1, 0.15) is 27.2 Å². The molecule has 1 rings (SSSR count). The van der Waals surface area contributed by atoms with Gasteiger partial charge in [0.05, 0.1) is 5.37 Å². The van der Waals surface area contributed by atoms with Gasteiger partial charge in [-0.3, -0.25) is 4.90 Å². The molecule has 1 fully saturated rings. The number of hydrogen-bond donors (Lipinski definition) is 2. The monoisotopic (exact) mass is 303 g/mol. The van der Waals surface area contributed by atoms with Gasteiger partial charge in [-0.05, 0) is 26.4 Å². The lowest BCUT2D eigenvalue weighted by molar-refractivity contribution is -0.141. The molecule has 0 saturated carbocycles. The van der Waals surface area contributed by atoms with Gasteiger partial charge in [-0.1, -0.05) is 13.8 Å². The second-order valence-electron chi connectivity index (χ2n) is 4.86. The van der Waals surface area contributed by atoms with Crippen molar-refractivity contribution in [3.05, 3.63) is 0 Å². The fourth-order valence-electron chi connectivity index (χ4n) is 2.30. The Balaban J connectivity index is 2.43. The first kappa shape index (κ1) is 17.1. The first-order chi connectivity index (χ1) is 9.51. The standard InChI is InChI=1S/C13H25N3O3S/c1-4-7-15(5-2)8-6-14-13(19)16-10(3)20-9-11(16)12(17)18/h10-11H,4-9H2,1-3H3,(H,14,19)(H,17,18). The number of urea groups is 1. The van der Waals surface area contributed by atoms with Gasteiger partial charge in [-0.25, -0.2) is 9.59 Å². The fraction of sp³-hybridized carbons (Fsp3) is 0.846. The molecule has 0 spiro atoms. The van der Waals surface area contributed by atoms with Crippen LogP contribution in [-0.4, -0.2) is 70.3 Å². The molecule has 2 atom stereocenters. The number of likely N-dealkylation sites (N-methyl/N-ethyl adjacent to an activating group) is 1. The topological polar surface area (TPSA) is 72.9 Å². The number of rotatable bonds is 7. The molecule has 0 aromatic carbocycles. The minimum Gasteiger partial charge on any atom is -0.480 e. The van der Waals surface area contributed by atoms with Crippen molar-refractivity contribution in [2.75, 3.05) is 31.9 Å². The average Bonchev–Trinajstić information content (AvgIpc) is 2.79. The number of carbonyl (C=O) groups excluding carboxylic acids is 1. The van der Waals surface area contributed by atoms with Crippen LogP contribution in [0, 0.1) is 0 Å². The summed E-state index contributed by atoms with van der Waals surface area (Å²) in [6.45, 7) is 9.40. The highest BCUT2D eigenvalue weighted by Crippen LogP contribution is 2.28. The number of carboxylic acid groups (broad SMARTS) is 1. The highest BCUT2D eigenvalue weighted by molar-refractivity contribution is 8.00. The van der Waals surface area contributed by atoms with Gasteiger partial charge in [0.2, 0.25) is 0 Å². The van der Waals surface area contributed by atoms with Crippen molar-refractivity contribution in [2.24, 2.45) is 0 Å². The molecule has 0 radical (unpaired) electrons. The molecule has 1 aliphatic rings. The zero-order chi connectivity index (χ0) is 15.1. The minimum atomic E-state index is -0.932. The van der Waals surface area contributed by atoms with Gasteiger partial charge < -0.3 is 15.3 Å². The number of nitrogens with one attached hydrogen (secondary N) is 1. The van der Waals surface area contributed by atoms with Crippen LogP contribution in [0.2, 0.25) is 0 Å². The van der Waals surface area contributed by atoms with Gasteiger partial charge in [0.1, 0.15) is 6.04 Å². The summed E-state index contributed by atoms with van der Waals surface area (Å²) in [5, 5.41) is 11.9. The van der Waals surface area contributed by atoms with E-state index in [4.69, 9.17) is 5.11 Å². The predicted molar refractivity (Wildman–Crippen MR) is 81.0 cm³/mol. The Kier molecular flexibility index (Phi) is 7.15. The first-order valence-electron chi connectivity index (χ1n) is 7.14. The summed E-state index contributed by atoms with van der Waals surface area (Å²) in [6.07, 6.45) is 1.09. The number of carboxylic acids is 1. The van der Waals surface area contributed by atoms with E-state index in [1.54, 1.807) is 0 Å². The number of aliphatic carboxylic acids is 1. The van der Waals surface area contributed by atoms with E-state index in [9.17, 15) is 9.59 Å². The van der Waals surface area contributed by atoms with Crippen molar-refractivity contribution in [1.29, 1.82) is 0 Å². The highest BCUT2D eigenvalue weighted by atomic mass is 32.2. The fourth-order valence-corrected chi connectivity index (χ4v) is 3.47. The lowest BCUT2D eigenvalue weighted by Gasteiger charge is -2.26. The van der Waals surface area contributed by atoms with E-state index in [0.29, 0.717) is 12.3 Å². The van der Waals surface area contributed by atoms with Crippen molar-refractivity contribution in [1.82, 2.24) is 15.1 Å². The van der Waals surface area contributed by atoms with Crippen LogP contribution in [0.25, 0.3) is 0 Å². The summed E-state index contributed by atoms with van der Waals surface area (Å²) in [5.74, 6) is -0.473. The molecule has 1 aliphatic heterocycles. The Labute approximate surface area is 124 Å². The van der Waals surface area contributed by atoms with Crippen molar-refractivity contribution in [2.45, 2.75) is 38.6 Å². The Morgan fingerprint density at radius 1 is 1.40 bits per heavy atom. The third kappa shape index (κ3) is 4.56. The molecule has 0 bridgehead atoms. The van der Waals surface area contributed by atoms with Crippen molar-refractivity contribution >= 4 is 23.8 Å². The van der Waals surface area contributed by atoms with E-state index >= 15 is 0 Å². The zero-order valence-electron chi connectivity index (χ0n) is 12.5. The highest BCUT2D eigenvalue weighted by Gasteiger charge is 2.39. The zero-order valence-corrected chi connectivity index (χ0v) is 13.3. The van der Waals surface area contributed by atoms with E-state index < -0.39 is 12.0 Å². The molecular weight excluding hydrogens is 278 g/mol. The maximum atomic E-state index is 12.1. The molecular formula is C13H25N3O3S. The summed E-state index contributed by atoms with van der Waals surface area (Å²) in [6, 6.07) is -0.990. The van der Waals surface area contributed by atoms with Crippen LogP contribution in [0.4, 0.5) is 4.79 Å². The summed E-state index contributed by atoms with van der Waals surface area (Å²) < 4.78 is 0. The van der Waals surface area contributed by atoms with E-state index in [2.05, 4.69) is 24.1 Å². The molecule has 2 amide bonds. The minimum absolute atomic E-state index is 0.0889. The number of nitrogens with zero attached hydrogens (tertiary/aromatic N) is 2. The predicted octanol–water partition coefficient (Wildman–Crippen LogP) is 1.28. The largest absolute Gasteiger partial charge is 0.480 e. The van der Waals surface area contributed by atoms with Gasteiger partial charge in [0.25, 0.3) is 0 Å². The van der Waals surface area contributed by atoms with E-state index in [0.717, 1.165) is 26.1 Å². The third-order valence-corrected chi connectivity index (χ3v) is 4.65. The second kappa shape index (κ2) is 8.36. The summed E-state index contributed by atoms with van der Waals surface area (Å²) in [5.41, 5.74) is 0. The molecule has 0 aliphatic carbocycles. The smallest absolute Gasteiger partial charge is 0.327 e. The second-order valence-corrected chi connectivity index (χ2v) is 6.21. The number of thioether (sulfide) groups is 1. The van der Waals surface area contributed by atoms with Gasteiger partial charge in [0.15, 0.2) is 0 Å². The van der Waals surface area contributed by atoms with E-state index in [1.165, 1.54) is 16.7 Å². The quantitative estimate of drug-likeness (QED) is 0.741. The Morgan fingerprint density at radius 3 is 2.65 bits per heavy atom. The van der Waals surface area contributed by atoms with Gasteiger partial charge >= 0.3 is 12.0 Å². The number of carbonyl (C=O) groups is 2. The molecule has 7 heteroatoms. The van der Waals surface area contributed by atoms with Crippen LogP contribution >= 0.6 is 11.8 Å². The van der Waals surface area contributed by atoms with Crippen LogP contribution in [0.15, 0.2) is 0 Å². The van der Waals surface area contributed by atoms with Gasteiger partial charge in [-0.2, -0.15) is 0 Å². The maximum absolute atomic E-state index is 12.1. The Bertz CT molecular complexity index is 341. The van der Waals surface area contributed by atoms with Crippen LogP contribution < -0.4 is 5.32 Å². The summed E-state index contributed by atoms with van der Waals surface area (Å²) in [4.78, 5) is 26.9. The van der Waals surface area contributed by atoms with E-state index in [-0.39, 0.29) is 11.4 Å². The molecule has 2 N–H and O–H groups in total.